The van der Waals surface area contributed by atoms with Gasteiger partial charge in [0.1, 0.15) is 5.82 Å². The zero-order valence-electron chi connectivity index (χ0n) is 16.1. The molecule has 2 heterocycles. The number of rotatable bonds is 3. The monoisotopic (exact) mass is 489 g/mol. The van der Waals surface area contributed by atoms with Gasteiger partial charge in [0, 0.05) is 10.8 Å². The fraction of sp³-hybridized carbons (Fsp3) is 0.211. The van der Waals surface area contributed by atoms with Crippen molar-refractivity contribution in [3.05, 3.63) is 64.3 Å². The highest BCUT2D eigenvalue weighted by Crippen LogP contribution is 2.58. The Morgan fingerprint density at radius 3 is 2.38 bits per heavy atom. The number of carbonyl (C=O) groups is 1. The van der Waals surface area contributed by atoms with Crippen LogP contribution in [-0.2, 0) is 14.8 Å². The molecule has 32 heavy (non-hydrogen) atoms. The second-order valence-corrected chi connectivity index (χ2v) is 10.1. The van der Waals surface area contributed by atoms with Crippen molar-refractivity contribution in [3.63, 3.8) is 0 Å². The third kappa shape index (κ3) is 3.27. The van der Waals surface area contributed by atoms with Crippen molar-refractivity contribution in [2.45, 2.75) is 28.8 Å². The van der Waals surface area contributed by atoms with Crippen LogP contribution < -0.4 is 15.6 Å². The Hall–Kier alpha value is -2.61. The summed E-state index contributed by atoms with van der Waals surface area (Å²) in [6.45, 7) is 1.55. The predicted molar refractivity (Wildman–Crippen MR) is 109 cm³/mol. The van der Waals surface area contributed by atoms with Gasteiger partial charge in [-0.1, -0.05) is 0 Å². The predicted octanol–water partition coefficient (Wildman–Crippen LogP) is 3.36. The van der Waals surface area contributed by atoms with Gasteiger partial charge in [-0.05, 0) is 55.0 Å². The number of nitrogens with zero attached hydrogens (tertiary/aromatic N) is 1. The van der Waals surface area contributed by atoms with Crippen LogP contribution in [0.3, 0.4) is 0 Å². The molecule has 0 fully saturated rings. The van der Waals surface area contributed by atoms with Crippen LogP contribution in [-0.4, -0.2) is 31.2 Å². The van der Waals surface area contributed by atoms with Crippen LogP contribution in [0.5, 0.6) is 0 Å². The third-order valence-electron chi connectivity index (χ3n) is 5.23. The molecule has 2 aromatic rings. The van der Waals surface area contributed by atoms with Gasteiger partial charge in [-0.25, -0.2) is 22.7 Å². The van der Waals surface area contributed by atoms with E-state index in [0.717, 1.165) is 23.2 Å². The van der Waals surface area contributed by atoms with Crippen LogP contribution in [0.15, 0.2) is 52.3 Å². The number of fused-ring (bicyclic) bond motifs is 2. The Labute approximate surface area is 183 Å². The molecule has 0 saturated heterocycles. The van der Waals surface area contributed by atoms with E-state index in [1.807, 2.05) is 0 Å². The highest BCUT2D eigenvalue weighted by molar-refractivity contribution is 8.03. The number of hydrogen-bond donors (Lipinski definition) is 3. The van der Waals surface area contributed by atoms with E-state index in [0.29, 0.717) is 17.3 Å². The summed E-state index contributed by atoms with van der Waals surface area (Å²) in [7, 11) is -4.06. The SMILES string of the molecule is CC1SC2=C(c3ccc(F)cc31)N(c1ccc(S(N)(=O)=O)cc1)NC2(C(=O)O)C(F)(F)F. The standard InChI is InChI=1S/C19H15F4N3O4S2/c1-9-14-8-10(20)2-7-13(14)15-16(31-9)18(17(27)28,19(21,22)23)25-26(15)11-3-5-12(6-4-11)32(24,29)30/h2-9,25H,1H3,(H,27,28)(H2,24,29,30). The van der Waals surface area contributed by atoms with Crippen LogP contribution in [0.25, 0.3) is 5.70 Å². The average molecular weight is 489 g/mol. The molecule has 2 unspecified atom stereocenters. The molecule has 0 saturated carbocycles. The minimum Gasteiger partial charge on any atom is -0.479 e. The van der Waals surface area contributed by atoms with Gasteiger partial charge in [0.2, 0.25) is 10.0 Å². The number of alkyl halides is 3. The highest BCUT2D eigenvalue weighted by atomic mass is 32.2. The summed E-state index contributed by atoms with van der Waals surface area (Å²) in [5, 5.41) is 15.1. The molecule has 2 aliphatic heterocycles. The molecule has 0 radical (unpaired) electrons. The molecule has 4 N–H and O–H groups in total. The zero-order valence-corrected chi connectivity index (χ0v) is 17.8. The second-order valence-electron chi connectivity index (χ2n) is 7.21. The topological polar surface area (TPSA) is 113 Å². The maximum absolute atomic E-state index is 14.2. The molecule has 0 bridgehead atoms. The molecule has 2 atom stereocenters. The number of nitrogens with two attached hydrogens (primary N) is 1. The molecule has 7 nitrogen and oxygen atoms in total. The fourth-order valence-corrected chi connectivity index (χ4v) is 5.63. The smallest absolute Gasteiger partial charge is 0.424 e. The minimum absolute atomic E-state index is 0.0303. The lowest BCUT2D eigenvalue weighted by atomic mass is 9.94. The van der Waals surface area contributed by atoms with E-state index in [4.69, 9.17) is 5.14 Å². The summed E-state index contributed by atoms with van der Waals surface area (Å²) in [5.41, 5.74) is -0.833. The maximum atomic E-state index is 14.2. The quantitative estimate of drug-likeness (QED) is 0.567. The van der Waals surface area contributed by atoms with Gasteiger partial charge < -0.3 is 5.11 Å². The number of thioether (sulfide) groups is 1. The van der Waals surface area contributed by atoms with Gasteiger partial charge in [-0.2, -0.15) is 18.6 Å². The van der Waals surface area contributed by atoms with E-state index < -0.39 is 43.7 Å². The summed E-state index contributed by atoms with van der Waals surface area (Å²) < 4.78 is 79.6. The van der Waals surface area contributed by atoms with Crippen molar-refractivity contribution in [3.8, 4) is 0 Å². The van der Waals surface area contributed by atoms with Crippen molar-refractivity contribution in [2.75, 3.05) is 5.01 Å². The van der Waals surface area contributed by atoms with E-state index in [9.17, 15) is 35.9 Å². The van der Waals surface area contributed by atoms with Gasteiger partial charge in [0.15, 0.2) is 0 Å². The number of hydrazine groups is 1. The Bertz CT molecular complexity index is 1260. The first-order chi connectivity index (χ1) is 14.8. The molecular formula is C19H15F4N3O4S2. The van der Waals surface area contributed by atoms with Crippen molar-refractivity contribution in [1.29, 1.82) is 0 Å². The lowest BCUT2D eigenvalue weighted by Crippen LogP contribution is -2.63. The first-order valence-corrected chi connectivity index (χ1v) is 11.4. The van der Waals surface area contributed by atoms with E-state index in [1.54, 1.807) is 6.92 Å². The van der Waals surface area contributed by atoms with Crippen molar-refractivity contribution < 1.29 is 35.9 Å². The summed E-state index contributed by atoms with van der Waals surface area (Å²) in [6.07, 6.45) is -5.24. The lowest BCUT2D eigenvalue weighted by Gasteiger charge is -2.32. The number of aliphatic carboxylic acids is 1. The van der Waals surface area contributed by atoms with Crippen molar-refractivity contribution in [2.24, 2.45) is 5.14 Å². The largest absolute Gasteiger partial charge is 0.479 e. The summed E-state index contributed by atoms with van der Waals surface area (Å²) >= 11 is 0.668. The number of carboxylic acids is 1. The van der Waals surface area contributed by atoms with Gasteiger partial charge >= 0.3 is 12.1 Å². The molecule has 0 aromatic heterocycles. The number of sulfonamides is 1. The highest BCUT2D eigenvalue weighted by Gasteiger charge is 2.69. The fourth-order valence-electron chi connectivity index (χ4n) is 3.70. The minimum atomic E-state index is -5.24. The second kappa shape index (κ2) is 7.20. The van der Waals surface area contributed by atoms with Gasteiger partial charge in [-0.15, -0.1) is 11.8 Å². The normalized spacial score (nSPS) is 23.2. The van der Waals surface area contributed by atoms with Crippen LogP contribution >= 0.6 is 11.8 Å². The molecule has 170 valence electrons. The molecule has 2 aromatic carbocycles. The summed E-state index contributed by atoms with van der Waals surface area (Å²) in [6, 6.07) is 8.11. The number of benzene rings is 2. The molecule has 0 spiro atoms. The van der Waals surface area contributed by atoms with E-state index >= 15 is 0 Å². The van der Waals surface area contributed by atoms with Gasteiger partial charge in [0.05, 0.1) is 21.2 Å². The number of anilines is 1. The molecule has 13 heteroatoms. The van der Waals surface area contributed by atoms with Crippen molar-refractivity contribution in [1.82, 2.24) is 5.43 Å². The van der Waals surface area contributed by atoms with Gasteiger partial charge in [0.25, 0.3) is 5.54 Å². The number of hydrogen-bond acceptors (Lipinski definition) is 6. The van der Waals surface area contributed by atoms with Crippen molar-refractivity contribution >= 4 is 39.1 Å². The van der Waals surface area contributed by atoms with Crippen LogP contribution in [0.1, 0.15) is 23.3 Å². The Balaban J connectivity index is 1.99. The summed E-state index contributed by atoms with van der Waals surface area (Å²) in [4.78, 5) is 11.3. The van der Waals surface area contributed by atoms with Crippen LogP contribution in [0, 0.1) is 5.82 Å². The Morgan fingerprint density at radius 1 is 1.22 bits per heavy atom. The first-order valence-electron chi connectivity index (χ1n) is 8.99. The third-order valence-corrected chi connectivity index (χ3v) is 7.50. The van der Waals surface area contributed by atoms with Crippen LogP contribution in [0.2, 0.25) is 0 Å². The number of nitrogens with one attached hydrogen (secondary N) is 1. The first kappa shape index (κ1) is 22.6. The average Bonchev–Trinajstić information content (AvgIpc) is 3.04. The number of carboxylic acid groups (broad SMARTS) is 1. The van der Waals surface area contributed by atoms with E-state index in [1.165, 1.54) is 24.3 Å². The molecule has 4 rings (SSSR count). The van der Waals surface area contributed by atoms with Gasteiger partial charge in [-0.3, -0.25) is 5.01 Å². The molecular weight excluding hydrogens is 474 g/mol. The number of halogens is 4. The van der Waals surface area contributed by atoms with E-state index in [-0.39, 0.29) is 21.8 Å². The number of primary sulfonamides is 1. The maximum Gasteiger partial charge on any atom is 0.424 e. The Kier molecular flexibility index (Phi) is 5.08. The lowest BCUT2D eigenvalue weighted by molar-refractivity contribution is -0.197. The molecule has 0 aliphatic carbocycles. The summed E-state index contributed by atoms with van der Waals surface area (Å²) in [5.74, 6) is -2.75. The molecule has 2 aliphatic rings. The molecule has 0 amide bonds. The van der Waals surface area contributed by atoms with E-state index in [2.05, 4.69) is 5.43 Å². The van der Waals surface area contributed by atoms with Crippen LogP contribution in [0.4, 0.5) is 23.2 Å². The zero-order chi connectivity index (χ0) is 23.6. The Morgan fingerprint density at radius 2 is 1.84 bits per heavy atom.